The third kappa shape index (κ3) is 5.26. The number of H-pyrrole nitrogens is 1. The van der Waals surface area contributed by atoms with Gasteiger partial charge in [0.25, 0.3) is 0 Å². The van der Waals surface area contributed by atoms with E-state index in [0.717, 1.165) is 43.4 Å². The molecule has 0 radical (unpaired) electrons. The van der Waals surface area contributed by atoms with Crippen LogP contribution in [0.25, 0.3) is 16.6 Å². The number of carbonyl (C=O) groups excluding carboxylic acids is 1. The summed E-state index contributed by atoms with van der Waals surface area (Å²) in [7, 11) is 0. The summed E-state index contributed by atoms with van der Waals surface area (Å²) in [6, 6.07) is 5.35. The molecule has 30 heavy (non-hydrogen) atoms. The fourth-order valence-corrected chi connectivity index (χ4v) is 4.16. The van der Waals surface area contributed by atoms with Gasteiger partial charge < -0.3 is 31.1 Å². The van der Waals surface area contributed by atoms with Crippen molar-refractivity contribution in [2.75, 3.05) is 39.3 Å². The molecule has 3 rings (SSSR count). The maximum Gasteiger partial charge on any atom is 0.355 e. The fourth-order valence-electron chi connectivity index (χ4n) is 3.99. The average molecular weight is 435 g/mol. The molecule has 7 N–H and O–H groups in total. The van der Waals surface area contributed by atoms with Crippen molar-refractivity contribution >= 4 is 34.2 Å². The molecule has 1 aliphatic heterocycles. The van der Waals surface area contributed by atoms with E-state index in [1.54, 1.807) is 30.3 Å². The molecule has 164 valence electrons. The highest BCUT2D eigenvalue weighted by molar-refractivity contribution is 6.31. The minimum absolute atomic E-state index is 0.268. The zero-order valence-corrected chi connectivity index (χ0v) is 18.1. The van der Waals surface area contributed by atoms with Crippen LogP contribution in [0.1, 0.15) is 35.8 Å². The van der Waals surface area contributed by atoms with E-state index in [1.165, 1.54) is 0 Å². The van der Waals surface area contributed by atoms with Crippen LogP contribution >= 0.6 is 11.6 Å². The molecule has 1 fully saturated rings. The van der Waals surface area contributed by atoms with Gasteiger partial charge in [0, 0.05) is 47.3 Å². The number of hydrazine groups is 1. The van der Waals surface area contributed by atoms with Crippen LogP contribution in [0.5, 0.6) is 0 Å². The molecule has 1 saturated heterocycles. The average Bonchev–Trinajstić information content (AvgIpc) is 3.08. The minimum Gasteiger partial charge on any atom is -0.461 e. The molecule has 0 atom stereocenters. The molecule has 0 unspecified atom stereocenters. The third-order valence-corrected chi connectivity index (χ3v) is 5.69. The second kappa shape index (κ2) is 10.2. The summed E-state index contributed by atoms with van der Waals surface area (Å²) >= 11 is 6.18. The lowest BCUT2D eigenvalue weighted by atomic mass is 9.96. The Morgan fingerprint density at radius 2 is 2.13 bits per heavy atom. The molecular formula is C21H31ClN6O2. The quantitative estimate of drug-likeness (QED) is 0.284. The first-order valence-corrected chi connectivity index (χ1v) is 10.7. The highest BCUT2D eigenvalue weighted by atomic mass is 35.5. The lowest BCUT2D eigenvalue weighted by molar-refractivity contribution is 0.0520. The van der Waals surface area contributed by atoms with Gasteiger partial charge in [-0.25, -0.2) is 10.6 Å². The number of piperidine rings is 1. The normalized spacial score (nSPS) is 16.2. The van der Waals surface area contributed by atoms with Gasteiger partial charge in [0.2, 0.25) is 0 Å². The Hall–Kier alpha value is -2.26. The van der Waals surface area contributed by atoms with Gasteiger partial charge in [0.1, 0.15) is 5.69 Å². The molecule has 0 bridgehead atoms. The van der Waals surface area contributed by atoms with Crippen molar-refractivity contribution in [3.63, 3.8) is 0 Å². The first-order chi connectivity index (χ1) is 14.4. The highest BCUT2D eigenvalue weighted by Gasteiger charge is 2.23. The number of nitrogens with one attached hydrogen (secondary N) is 1. The summed E-state index contributed by atoms with van der Waals surface area (Å²) in [5.74, 6) is 6.27. The minimum atomic E-state index is -0.466. The number of hydrogen-bond acceptors (Lipinski definition) is 7. The number of nitrogens with two attached hydrogens (primary N) is 3. The molecule has 8 nitrogen and oxygen atoms in total. The van der Waals surface area contributed by atoms with Crippen LogP contribution in [-0.2, 0) is 4.74 Å². The van der Waals surface area contributed by atoms with Crippen molar-refractivity contribution in [3.8, 4) is 0 Å². The monoisotopic (exact) mass is 434 g/mol. The summed E-state index contributed by atoms with van der Waals surface area (Å²) < 4.78 is 5.19. The number of hydrogen-bond donors (Lipinski definition) is 4. The number of ether oxygens (including phenoxy) is 1. The Bertz CT molecular complexity index is 904. The molecule has 1 aromatic carbocycles. The zero-order chi connectivity index (χ0) is 21.7. The van der Waals surface area contributed by atoms with E-state index >= 15 is 0 Å². The number of aromatic nitrogens is 1. The van der Waals surface area contributed by atoms with E-state index < -0.39 is 5.97 Å². The Morgan fingerprint density at radius 3 is 2.80 bits per heavy atom. The number of halogens is 1. The highest BCUT2D eigenvalue weighted by Crippen LogP contribution is 2.30. The van der Waals surface area contributed by atoms with Crippen molar-refractivity contribution in [1.29, 1.82) is 0 Å². The summed E-state index contributed by atoms with van der Waals surface area (Å²) in [5.41, 5.74) is 14.0. The Labute approximate surface area is 181 Å². The summed E-state index contributed by atoms with van der Waals surface area (Å²) in [5, 5.41) is 2.92. The van der Waals surface area contributed by atoms with Crippen molar-refractivity contribution in [2.24, 2.45) is 23.2 Å². The van der Waals surface area contributed by atoms with Gasteiger partial charge in [-0.15, -0.1) is 0 Å². The van der Waals surface area contributed by atoms with Crippen molar-refractivity contribution < 1.29 is 9.53 Å². The molecule has 9 heteroatoms. The first-order valence-electron chi connectivity index (χ1n) is 10.3. The molecule has 0 aliphatic carbocycles. The van der Waals surface area contributed by atoms with Gasteiger partial charge in [-0.1, -0.05) is 11.6 Å². The second-order valence-corrected chi connectivity index (χ2v) is 8.08. The maximum absolute atomic E-state index is 12.5. The Balaban J connectivity index is 1.80. The van der Waals surface area contributed by atoms with Gasteiger partial charge in [-0.05, 0) is 57.0 Å². The first kappa shape index (κ1) is 22.4. The molecular weight excluding hydrogens is 404 g/mol. The molecule has 2 heterocycles. The number of nitrogens with zero attached hydrogens (tertiary/aromatic N) is 2. The summed E-state index contributed by atoms with van der Waals surface area (Å²) in [4.78, 5) is 18.0. The van der Waals surface area contributed by atoms with E-state index in [4.69, 9.17) is 33.6 Å². The van der Waals surface area contributed by atoms with Gasteiger partial charge >= 0.3 is 5.97 Å². The Morgan fingerprint density at radius 1 is 1.40 bits per heavy atom. The topological polar surface area (TPSA) is 127 Å². The van der Waals surface area contributed by atoms with Crippen LogP contribution < -0.4 is 17.3 Å². The van der Waals surface area contributed by atoms with E-state index in [-0.39, 0.29) is 6.61 Å². The third-order valence-electron chi connectivity index (χ3n) is 5.46. The molecule has 0 spiro atoms. The van der Waals surface area contributed by atoms with Crippen LogP contribution in [0.15, 0.2) is 24.4 Å². The maximum atomic E-state index is 12.5. The fraction of sp³-hybridized carbons (Fsp3) is 0.476. The molecule has 1 aliphatic rings. The van der Waals surface area contributed by atoms with Crippen LogP contribution in [-0.4, -0.2) is 60.2 Å². The van der Waals surface area contributed by atoms with Crippen molar-refractivity contribution in [2.45, 2.75) is 19.8 Å². The lowest BCUT2D eigenvalue weighted by Gasteiger charge is -2.33. The van der Waals surface area contributed by atoms with Crippen molar-refractivity contribution in [3.05, 3.63) is 40.7 Å². The smallest absolute Gasteiger partial charge is 0.355 e. The number of carbonyl (C=O) groups is 1. The van der Waals surface area contributed by atoms with Gasteiger partial charge in [-0.3, -0.25) is 0 Å². The van der Waals surface area contributed by atoms with Crippen LogP contribution in [0.2, 0.25) is 5.02 Å². The van der Waals surface area contributed by atoms with E-state index in [1.807, 2.05) is 6.07 Å². The molecule has 0 saturated carbocycles. The van der Waals surface area contributed by atoms with Crippen LogP contribution in [0.4, 0.5) is 0 Å². The van der Waals surface area contributed by atoms with Crippen molar-refractivity contribution in [1.82, 2.24) is 14.9 Å². The van der Waals surface area contributed by atoms with Gasteiger partial charge in [0.05, 0.1) is 12.3 Å². The number of aromatic amines is 1. The number of rotatable bonds is 8. The Kier molecular flexibility index (Phi) is 7.60. The van der Waals surface area contributed by atoms with E-state index in [9.17, 15) is 4.79 Å². The number of fused-ring (bicyclic) bond motifs is 1. The van der Waals surface area contributed by atoms with Crippen LogP contribution in [0, 0.1) is 5.92 Å². The number of likely N-dealkylation sites (tertiary alicyclic amines) is 1. The summed E-state index contributed by atoms with van der Waals surface area (Å²) in [6.45, 7) is 6.40. The SMILES string of the molecule is CCOC(=O)c1[nH]c2ccc(Cl)cc2c1/C(N)=C/N(N)CC1CCN(CCN)CC1. The number of benzene rings is 1. The summed E-state index contributed by atoms with van der Waals surface area (Å²) in [6.07, 6.45) is 3.81. The van der Waals surface area contributed by atoms with E-state index in [0.29, 0.717) is 41.0 Å². The number of esters is 1. The molecule has 0 amide bonds. The molecule has 1 aromatic heterocycles. The zero-order valence-electron chi connectivity index (χ0n) is 17.4. The largest absolute Gasteiger partial charge is 0.461 e. The molecule has 2 aromatic rings. The predicted octanol–water partition coefficient (Wildman–Crippen LogP) is 2.10. The van der Waals surface area contributed by atoms with Crippen LogP contribution in [0.3, 0.4) is 0 Å². The second-order valence-electron chi connectivity index (χ2n) is 7.64. The van der Waals surface area contributed by atoms with E-state index in [2.05, 4.69) is 9.88 Å². The lowest BCUT2D eigenvalue weighted by Crippen LogP contribution is -2.41. The standard InChI is InChI=1S/C21H31ClN6O2/c1-2-30-21(29)20-19(16-11-15(22)3-4-18(16)26-20)17(24)13-28(25)12-14-5-8-27(9-6-14)10-7-23/h3-4,11,13-14,26H,2,5-10,12,23-25H2,1H3/b17-13-. The van der Waals surface area contributed by atoms with Gasteiger partial charge in [-0.2, -0.15) is 0 Å². The van der Waals surface area contributed by atoms with Gasteiger partial charge in [0.15, 0.2) is 0 Å². The predicted molar refractivity (Wildman–Crippen MR) is 121 cm³/mol.